The zero-order chi connectivity index (χ0) is 13.1. The van der Waals surface area contributed by atoms with Gasteiger partial charge >= 0.3 is 0 Å². The van der Waals surface area contributed by atoms with E-state index < -0.39 is 6.23 Å². The van der Waals surface area contributed by atoms with E-state index in [1.807, 2.05) is 38.1 Å². The van der Waals surface area contributed by atoms with Crippen molar-refractivity contribution in [2.75, 3.05) is 6.61 Å². The topological polar surface area (TPSA) is 54.6 Å². The number of fused-ring (bicyclic) bond motifs is 1. The maximum absolute atomic E-state index is 9.32. The molecule has 0 radical (unpaired) electrons. The van der Waals surface area contributed by atoms with Gasteiger partial charge in [-0.2, -0.15) is 0 Å². The summed E-state index contributed by atoms with van der Waals surface area (Å²) in [5.74, 6) is 1.54. The van der Waals surface area contributed by atoms with Gasteiger partial charge in [-0.25, -0.2) is 0 Å². The maximum atomic E-state index is 9.32. The molecule has 1 heterocycles. The van der Waals surface area contributed by atoms with Gasteiger partial charge in [-0.3, -0.25) is 5.32 Å². The molecule has 0 aliphatic rings. The molecule has 4 nitrogen and oxygen atoms in total. The van der Waals surface area contributed by atoms with Crippen LogP contribution in [0.3, 0.4) is 0 Å². The summed E-state index contributed by atoms with van der Waals surface area (Å²) in [5, 5.41) is 13.3. The molecule has 0 fully saturated rings. The minimum absolute atomic E-state index is 0.0492. The van der Waals surface area contributed by atoms with Crippen molar-refractivity contribution < 1.29 is 14.3 Å². The lowest BCUT2D eigenvalue weighted by Crippen LogP contribution is -2.27. The zero-order valence-corrected chi connectivity index (χ0v) is 10.9. The van der Waals surface area contributed by atoms with Gasteiger partial charge in [-0.05, 0) is 32.9 Å². The molecule has 2 N–H and O–H groups in total. The first-order valence-corrected chi connectivity index (χ1v) is 6.21. The summed E-state index contributed by atoms with van der Waals surface area (Å²) in [6.45, 7) is 6.19. The van der Waals surface area contributed by atoms with E-state index in [1.54, 1.807) is 6.92 Å². The first-order chi connectivity index (χ1) is 8.61. The Bertz CT molecular complexity index is 519. The lowest BCUT2D eigenvalue weighted by atomic mass is 10.2. The molecule has 1 aromatic carbocycles. The Labute approximate surface area is 107 Å². The fraction of sp³-hybridized carbons (Fsp3) is 0.429. The van der Waals surface area contributed by atoms with Crippen molar-refractivity contribution in [3.8, 4) is 5.75 Å². The van der Waals surface area contributed by atoms with E-state index in [2.05, 4.69) is 5.32 Å². The molecule has 0 bridgehead atoms. The Morgan fingerprint density at radius 3 is 2.83 bits per heavy atom. The van der Waals surface area contributed by atoms with Gasteiger partial charge in [-0.15, -0.1) is 0 Å². The van der Waals surface area contributed by atoms with Crippen LogP contribution in [0.4, 0.5) is 0 Å². The molecule has 2 unspecified atom stereocenters. The van der Waals surface area contributed by atoms with Crippen molar-refractivity contribution in [2.45, 2.75) is 33.0 Å². The SMILES string of the molecule is CCOc1cccc2cc(C(C)NC(C)O)oc12. The lowest BCUT2D eigenvalue weighted by Gasteiger charge is -2.13. The molecule has 18 heavy (non-hydrogen) atoms. The quantitative estimate of drug-likeness (QED) is 0.800. The molecular weight excluding hydrogens is 230 g/mol. The Balaban J connectivity index is 2.34. The molecule has 2 rings (SSSR count). The Kier molecular flexibility index (Phi) is 3.89. The summed E-state index contributed by atoms with van der Waals surface area (Å²) >= 11 is 0. The van der Waals surface area contributed by atoms with Crippen molar-refractivity contribution in [1.29, 1.82) is 0 Å². The standard InChI is InChI=1S/C14H19NO3/c1-4-17-12-7-5-6-11-8-13(18-14(11)12)9(2)15-10(3)16/h5-10,15-16H,4H2,1-3H3. The number of hydrogen-bond donors (Lipinski definition) is 2. The van der Waals surface area contributed by atoms with Crippen LogP contribution >= 0.6 is 0 Å². The second kappa shape index (κ2) is 5.42. The minimum atomic E-state index is -0.570. The number of nitrogens with one attached hydrogen (secondary N) is 1. The predicted molar refractivity (Wildman–Crippen MR) is 70.6 cm³/mol. The Morgan fingerprint density at radius 2 is 2.17 bits per heavy atom. The van der Waals surface area contributed by atoms with E-state index in [0.29, 0.717) is 6.61 Å². The highest BCUT2D eigenvalue weighted by Crippen LogP contribution is 2.31. The average molecular weight is 249 g/mol. The maximum Gasteiger partial charge on any atom is 0.176 e. The van der Waals surface area contributed by atoms with Gasteiger partial charge in [0.2, 0.25) is 0 Å². The fourth-order valence-electron chi connectivity index (χ4n) is 1.98. The van der Waals surface area contributed by atoms with E-state index in [-0.39, 0.29) is 6.04 Å². The molecule has 0 aliphatic carbocycles. The summed E-state index contributed by atoms with van der Waals surface area (Å²) in [6, 6.07) is 7.75. The van der Waals surface area contributed by atoms with Crippen LogP contribution in [0, 0.1) is 0 Å². The molecule has 1 aromatic heterocycles. The van der Waals surface area contributed by atoms with Crippen molar-refractivity contribution in [3.05, 3.63) is 30.0 Å². The molecule has 2 aromatic rings. The molecule has 98 valence electrons. The molecular formula is C14H19NO3. The second-order valence-electron chi connectivity index (χ2n) is 4.32. The number of hydrogen-bond acceptors (Lipinski definition) is 4. The van der Waals surface area contributed by atoms with Gasteiger partial charge in [0, 0.05) is 5.39 Å². The molecule has 0 spiro atoms. The van der Waals surface area contributed by atoms with Gasteiger partial charge < -0.3 is 14.3 Å². The van der Waals surface area contributed by atoms with E-state index in [1.165, 1.54) is 0 Å². The van der Waals surface area contributed by atoms with E-state index in [0.717, 1.165) is 22.5 Å². The molecule has 4 heteroatoms. The van der Waals surface area contributed by atoms with Crippen LogP contribution in [0.2, 0.25) is 0 Å². The number of ether oxygens (including phenoxy) is 1. The van der Waals surface area contributed by atoms with Gasteiger partial charge in [-0.1, -0.05) is 12.1 Å². The number of benzene rings is 1. The lowest BCUT2D eigenvalue weighted by molar-refractivity contribution is 0.139. The predicted octanol–water partition coefficient (Wildman–Crippen LogP) is 2.82. The van der Waals surface area contributed by atoms with E-state index >= 15 is 0 Å². The van der Waals surface area contributed by atoms with Gasteiger partial charge in [0.15, 0.2) is 11.3 Å². The van der Waals surface area contributed by atoms with Gasteiger partial charge in [0.05, 0.1) is 12.6 Å². The van der Waals surface area contributed by atoms with Crippen molar-refractivity contribution in [1.82, 2.24) is 5.32 Å². The summed E-state index contributed by atoms with van der Waals surface area (Å²) in [7, 11) is 0. The van der Waals surface area contributed by atoms with Crippen LogP contribution in [-0.4, -0.2) is 17.9 Å². The van der Waals surface area contributed by atoms with Crippen LogP contribution in [-0.2, 0) is 0 Å². The number of para-hydroxylation sites is 1. The monoisotopic (exact) mass is 249 g/mol. The van der Waals surface area contributed by atoms with Crippen LogP contribution in [0.5, 0.6) is 5.75 Å². The van der Waals surface area contributed by atoms with E-state index in [4.69, 9.17) is 9.15 Å². The number of rotatable bonds is 5. The number of aliphatic hydroxyl groups is 1. The first-order valence-electron chi connectivity index (χ1n) is 6.21. The number of furan rings is 1. The zero-order valence-electron chi connectivity index (χ0n) is 10.9. The highest BCUT2D eigenvalue weighted by Gasteiger charge is 2.14. The third-order valence-electron chi connectivity index (χ3n) is 2.74. The summed E-state index contributed by atoms with van der Waals surface area (Å²) in [6.07, 6.45) is -0.570. The summed E-state index contributed by atoms with van der Waals surface area (Å²) < 4.78 is 11.3. The highest BCUT2D eigenvalue weighted by atomic mass is 16.5. The Morgan fingerprint density at radius 1 is 1.39 bits per heavy atom. The normalized spacial score (nSPS) is 14.7. The smallest absolute Gasteiger partial charge is 0.176 e. The van der Waals surface area contributed by atoms with Crippen molar-refractivity contribution in [2.24, 2.45) is 0 Å². The third-order valence-corrected chi connectivity index (χ3v) is 2.74. The summed E-state index contributed by atoms with van der Waals surface area (Å²) in [5.41, 5.74) is 0.758. The van der Waals surface area contributed by atoms with Crippen LogP contribution in [0.1, 0.15) is 32.6 Å². The largest absolute Gasteiger partial charge is 0.490 e. The minimum Gasteiger partial charge on any atom is -0.490 e. The fourth-order valence-corrected chi connectivity index (χ4v) is 1.98. The van der Waals surface area contributed by atoms with Crippen LogP contribution < -0.4 is 10.1 Å². The van der Waals surface area contributed by atoms with Gasteiger partial charge in [0.1, 0.15) is 12.0 Å². The molecule has 0 saturated carbocycles. The Hall–Kier alpha value is -1.52. The van der Waals surface area contributed by atoms with Crippen LogP contribution in [0.25, 0.3) is 11.0 Å². The first kappa shape index (κ1) is 12.9. The third kappa shape index (κ3) is 2.66. The average Bonchev–Trinajstić information content (AvgIpc) is 2.73. The van der Waals surface area contributed by atoms with Gasteiger partial charge in [0.25, 0.3) is 0 Å². The number of aliphatic hydroxyl groups excluding tert-OH is 1. The summed E-state index contributed by atoms with van der Waals surface area (Å²) in [4.78, 5) is 0. The molecule has 0 aliphatic heterocycles. The van der Waals surface area contributed by atoms with Crippen molar-refractivity contribution >= 4 is 11.0 Å². The molecule has 0 saturated heterocycles. The molecule has 0 amide bonds. The van der Waals surface area contributed by atoms with Crippen molar-refractivity contribution in [3.63, 3.8) is 0 Å². The van der Waals surface area contributed by atoms with E-state index in [9.17, 15) is 5.11 Å². The molecule has 2 atom stereocenters. The highest BCUT2D eigenvalue weighted by molar-refractivity contribution is 5.83. The van der Waals surface area contributed by atoms with Crippen LogP contribution in [0.15, 0.2) is 28.7 Å². The second-order valence-corrected chi connectivity index (χ2v) is 4.32.